The molecule has 0 aliphatic carbocycles. The molecule has 0 bridgehead atoms. The zero-order valence-electron chi connectivity index (χ0n) is 8.73. The smallest absolute Gasteiger partial charge is 0.230 e. The van der Waals surface area contributed by atoms with Gasteiger partial charge in [-0.05, 0) is 17.7 Å². The third-order valence-corrected chi connectivity index (χ3v) is 3.60. The van der Waals surface area contributed by atoms with E-state index in [9.17, 15) is 13.2 Å². The maximum Gasteiger partial charge on any atom is 0.230 e. The van der Waals surface area contributed by atoms with Gasteiger partial charge in [-0.25, -0.2) is 8.42 Å². The fourth-order valence-electron chi connectivity index (χ4n) is 1.10. The second-order valence-electron chi connectivity index (χ2n) is 3.33. The minimum Gasteiger partial charge on any atom is -0.351 e. The van der Waals surface area contributed by atoms with Crippen LogP contribution in [0.2, 0.25) is 0 Å². The first-order valence-corrected chi connectivity index (χ1v) is 7.56. The lowest BCUT2D eigenvalue weighted by Gasteiger charge is -2.04. The number of hydrogen-bond acceptors (Lipinski definition) is 3. The van der Waals surface area contributed by atoms with Gasteiger partial charge in [-0.15, -0.1) is 0 Å². The van der Waals surface area contributed by atoms with Crippen LogP contribution >= 0.6 is 15.9 Å². The van der Waals surface area contributed by atoms with Crippen molar-refractivity contribution in [1.29, 1.82) is 0 Å². The first kappa shape index (κ1) is 13.2. The predicted octanol–water partition coefficient (Wildman–Crippen LogP) is 1.10. The van der Waals surface area contributed by atoms with Crippen LogP contribution in [-0.4, -0.2) is 25.9 Å². The monoisotopic (exact) mass is 305 g/mol. The first-order valence-electron chi connectivity index (χ1n) is 4.55. The Morgan fingerprint density at radius 2 is 1.88 bits per heavy atom. The van der Waals surface area contributed by atoms with Gasteiger partial charge in [-0.3, -0.25) is 4.79 Å². The summed E-state index contributed by atoms with van der Waals surface area (Å²) in [4.78, 5) is 11.2. The van der Waals surface area contributed by atoms with Crippen molar-refractivity contribution in [3.63, 3.8) is 0 Å². The normalized spacial score (nSPS) is 11.1. The molecule has 0 unspecified atom stereocenters. The zero-order valence-corrected chi connectivity index (χ0v) is 11.1. The Morgan fingerprint density at radius 1 is 1.31 bits per heavy atom. The molecule has 1 aromatic rings. The molecule has 0 aliphatic heterocycles. The summed E-state index contributed by atoms with van der Waals surface area (Å²) in [5.74, 6) is -0.104. The van der Waals surface area contributed by atoms with Gasteiger partial charge in [0.25, 0.3) is 0 Å². The predicted molar refractivity (Wildman–Crippen MR) is 65.2 cm³/mol. The van der Waals surface area contributed by atoms with E-state index in [2.05, 4.69) is 21.2 Å². The number of hydrogen-bond donors (Lipinski definition) is 1. The molecule has 0 atom stereocenters. The van der Waals surface area contributed by atoms with Crippen molar-refractivity contribution in [1.82, 2.24) is 5.32 Å². The average molecular weight is 306 g/mol. The van der Waals surface area contributed by atoms with Crippen molar-refractivity contribution in [2.24, 2.45) is 0 Å². The van der Waals surface area contributed by atoms with Crippen LogP contribution < -0.4 is 5.32 Å². The molecule has 6 heteroatoms. The molecule has 1 N–H and O–H groups in total. The molecule has 0 saturated carbocycles. The quantitative estimate of drug-likeness (QED) is 0.847. The Morgan fingerprint density at radius 3 is 2.31 bits per heavy atom. The van der Waals surface area contributed by atoms with Crippen LogP contribution in [0.1, 0.15) is 5.56 Å². The van der Waals surface area contributed by atoms with Gasteiger partial charge in [0.05, 0.1) is 10.2 Å². The Balaban J connectivity index is 2.69. The number of benzene rings is 1. The maximum atomic E-state index is 11.2. The van der Waals surface area contributed by atoms with Gasteiger partial charge >= 0.3 is 0 Å². The van der Waals surface area contributed by atoms with Gasteiger partial charge in [0, 0.05) is 12.8 Å². The van der Waals surface area contributed by atoms with Crippen LogP contribution in [0.3, 0.4) is 0 Å². The van der Waals surface area contributed by atoms with E-state index in [4.69, 9.17) is 0 Å². The lowest BCUT2D eigenvalue weighted by molar-refractivity contribution is -0.118. The summed E-state index contributed by atoms with van der Waals surface area (Å²) in [6, 6.07) is 6.44. The molecule has 0 heterocycles. The third-order valence-electron chi connectivity index (χ3n) is 1.96. The van der Waals surface area contributed by atoms with E-state index in [1.807, 2.05) is 0 Å². The molecule has 16 heavy (non-hydrogen) atoms. The molecule has 1 aromatic carbocycles. The number of carbonyl (C=O) groups excluding carboxylic acids is 1. The minimum absolute atomic E-state index is 0.104. The summed E-state index contributed by atoms with van der Waals surface area (Å²) in [6.07, 6.45) is 1.16. The van der Waals surface area contributed by atoms with E-state index in [1.54, 1.807) is 12.1 Å². The molecule has 0 radical (unpaired) electrons. The number of alkyl halides is 1. The highest BCUT2D eigenvalue weighted by atomic mass is 79.9. The van der Waals surface area contributed by atoms with E-state index in [-0.39, 0.29) is 16.1 Å². The van der Waals surface area contributed by atoms with Crippen LogP contribution in [0.5, 0.6) is 0 Å². The molecule has 0 fully saturated rings. The largest absolute Gasteiger partial charge is 0.351 e. The van der Waals surface area contributed by atoms with E-state index < -0.39 is 9.84 Å². The Kier molecular flexibility index (Phi) is 4.49. The number of halogens is 1. The van der Waals surface area contributed by atoms with Crippen LogP contribution in [0.25, 0.3) is 0 Å². The molecule has 0 spiro atoms. The number of carbonyl (C=O) groups is 1. The molecular weight excluding hydrogens is 294 g/mol. The summed E-state index contributed by atoms with van der Waals surface area (Å²) < 4.78 is 22.4. The third kappa shape index (κ3) is 3.94. The summed E-state index contributed by atoms with van der Waals surface area (Å²) in [7, 11) is -3.15. The highest BCUT2D eigenvalue weighted by Crippen LogP contribution is 2.10. The number of sulfone groups is 1. The van der Waals surface area contributed by atoms with E-state index in [0.29, 0.717) is 6.54 Å². The van der Waals surface area contributed by atoms with Crippen molar-refractivity contribution < 1.29 is 13.2 Å². The van der Waals surface area contributed by atoms with Crippen molar-refractivity contribution in [2.75, 3.05) is 11.6 Å². The molecule has 1 rings (SSSR count). The number of nitrogens with one attached hydrogen (secondary N) is 1. The van der Waals surface area contributed by atoms with Gasteiger partial charge in [-0.1, -0.05) is 28.1 Å². The summed E-state index contributed by atoms with van der Waals surface area (Å²) in [5, 5.41) is 2.93. The van der Waals surface area contributed by atoms with Crippen LogP contribution in [-0.2, 0) is 21.2 Å². The number of amides is 1. The lowest BCUT2D eigenvalue weighted by atomic mass is 10.2. The molecule has 0 aromatic heterocycles. The fraction of sp³-hybridized carbons (Fsp3) is 0.300. The van der Waals surface area contributed by atoms with Crippen molar-refractivity contribution in [3.8, 4) is 0 Å². The maximum absolute atomic E-state index is 11.2. The molecule has 0 saturated heterocycles. The Hall–Kier alpha value is -0.880. The SMILES string of the molecule is CS(=O)(=O)c1ccc(CNC(=O)CBr)cc1. The second kappa shape index (κ2) is 5.45. The minimum atomic E-state index is -3.15. The van der Waals surface area contributed by atoms with Crippen molar-refractivity contribution >= 4 is 31.7 Å². The average Bonchev–Trinajstić information content (AvgIpc) is 2.25. The van der Waals surface area contributed by atoms with E-state index >= 15 is 0 Å². The van der Waals surface area contributed by atoms with Crippen LogP contribution in [0.15, 0.2) is 29.2 Å². The second-order valence-corrected chi connectivity index (χ2v) is 5.90. The van der Waals surface area contributed by atoms with Crippen molar-refractivity contribution in [2.45, 2.75) is 11.4 Å². The van der Waals surface area contributed by atoms with Crippen LogP contribution in [0.4, 0.5) is 0 Å². The van der Waals surface area contributed by atoms with Gasteiger partial charge in [-0.2, -0.15) is 0 Å². The van der Waals surface area contributed by atoms with Gasteiger partial charge in [0.2, 0.25) is 5.91 Å². The van der Waals surface area contributed by atoms with Crippen LogP contribution in [0, 0.1) is 0 Å². The van der Waals surface area contributed by atoms with Gasteiger partial charge in [0.15, 0.2) is 9.84 Å². The van der Waals surface area contributed by atoms with E-state index in [1.165, 1.54) is 12.1 Å². The summed E-state index contributed by atoms with van der Waals surface area (Å²) >= 11 is 3.03. The fourth-order valence-corrected chi connectivity index (χ4v) is 1.93. The van der Waals surface area contributed by atoms with E-state index in [0.717, 1.165) is 11.8 Å². The van der Waals surface area contributed by atoms with Gasteiger partial charge < -0.3 is 5.32 Å². The highest BCUT2D eigenvalue weighted by Gasteiger charge is 2.06. The Labute approximate surface area is 103 Å². The molecule has 0 aliphatic rings. The van der Waals surface area contributed by atoms with Gasteiger partial charge in [0.1, 0.15) is 0 Å². The Bertz CT molecular complexity index is 467. The molecule has 88 valence electrons. The highest BCUT2D eigenvalue weighted by molar-refractivity contribution is 9.09. The number of rotatable bonds is 4. The lowest BCUT2D eigenvalue weighted by Crippen LogP contribution is -2.23. The molecule has 4 nitrogen and oxygen atoms in total. The standard InChI is InChI=1S/C10H12BrNO3S/c1-16(14,15)9-4-2-8(3-5-9)7-12-10(13)6-11/h2-5H,6-7H2,1H3,(H,12,13). The first-order chi connectivity index (χ1) is 7.43. The molecule has 1 amide bonds. The molecular formula is C10H12BrNO3S. The topological polar surface area (TPSA) is 63.2 Å². The summed E-state index contributed by atoms with van der Waals surface area (Å²) in [5.41, 5.74) is 0.863. The zero-order chi connectivity index (χ0) is 12.2. The summed E-state index contributed by atoms with van der Waals surface area (Å²) in [6.45, 7) is 0.397. The van der Waals surface area contributed by atoms with Crippen molar-refractivity contribution in [3.05, 3.63) is 29.8 Å².